The van der Waals surface area contributed by atoms with Crippen LogP contribution in [0.3, 0.4) is 0 Å². The maximum Gasteiger partial charge on any atom is 0.262 e. The molecule has 4 rings (SSSR count). The molecular weight excluding hydrogens is 448 g/mol. The first-order valence-electron chi connectivity index (χ1n) is 9.65. The molecule has 2 aromatic carbocycles. The highest BCUT2D eigenvalue weighted by molar-refractivity contribution is 8.00. The molecule has 9 heteroatoms. The number of amides is 1. The Balaban J connectivity index is 1.64. The Morgan fingerprint density at radius 1 is 1.28 bits per heavy atom. The average Bonchev–Trinajstić information content (AvgIpc) is 3.30. The number of carbonyl (C=O) groups is 1. The first-order chi connectivity index (χ1) is 15.4. The lowest BCUT2D eigenvalue weighted by Gasteiger charge is -2.16. The summed E-state index contributed by atoms with van der Waals surface area (Å²) in [7, 11) is 0. The molecule has 1 amide bonds. The second kappa shape index (κ2) is 9.30. The molecule has 4 aromatic rings. The standard InChI is InChI=1S/C23H17ClN4O3S/c1-14(21(29)26-17-7-4-15(12-25)5-8-17)32-23-27-20-11-16(24)6-9-19(20)22(30)28(23)13-18-3-2-10-31-18/h2-11,14H,13H2,1H3,(H,26,29). The Morgan fingerprint density at radius 3 is 2.75 bits per heavy atom. The van der Waals surface area contributed by atoms with Gasteiger partial charge in [0.15, 0.2) is 5.16 Å². The number of carbonyl (C=O) groups excluding carboxylic acids is 1. The van der Waals surface area contributed by atoms with Gasteiger partial charge in [-0.2, -0.15) is 5.26 Å². The maximum absolute atomic E-state index is 13.2. The summed E-state index contributed by atoms with van der Waals surface area (Å²) in [5.74, 6) is 0.337. The molecule has 0 spiro atoms. The van der Waals surface area contributed by atoms with E-state index in [-0.39, 0.29) is 18.0 Å². The van der Waals surface area contributed by atoms with Gasteiger partial charge in [-0.05, 0) is 61.5 Å². The number of rotatable bonds is 6. The molecule has 0 fully saturated rings. The molecule has 0 bridgehead atoms. The zero-order valence-electron chi connectivity index (χ0n) is 16.9. The Kier molecular flexibility index (Phi) is 6.30. The Hall–Kier alpha value is -3.54. The Bertz CT molecular complexity index is 1380. The number of nitrogens with zero attached hydrogens (tertiary/aromatic N) is 3. The van der Waals surface area contributed by atoms with Crippen LogP contribution in [0.2, 0.25) is 5.02 Å². The minimum Gasteiger partial charge on any atom is -0.467 e. The molecule has 0 aliphatic carbocycles. The zero-order valence-corrected chi connectivity index (χ0v) is 18.5. The lowest BCUT2D eigenvalue weighted by Crippen LogP contribution is -2.27. The molecule has 1 atom stereocenters. The second-order valence-corrected chi connectivity index (χ2v) is 8.71. The number of benzene rings is 2. The highest BCUT2D eigenvalue weighted by atomic mass is 35.5. The molecule has 0 radical (unpaired) electrons. The summed E-state index contributed by atoms with van der Waals surface area (Å²) in [5, 5.41) is 12.4. The Morgan fingerprint density at radius 2 is 2.06 bits per heavy atom. The molecule has 7 nitrogen and oxygen atoms in total. The van der Waals surface area contributed by atoms with Crippen molar-refractivity contribution >= 4 is 45.9 Å². The fourth-order valence-corrected chi connectivity index (χ4v) is 4.12. The topological polar surface area (TPSA) is 101 Å². The molecule has 2 heterocycles. The molecule has 32 heavy (non-hydrogen) atoms. The molecule has 0 aliphatic rings. The van der Waals surface area contributed by atoms with Crippen molar-refractivity contribution < 1.29 is 9.21 Å². The summed E-state index contributed by atoms with van der Waals surface area (Å²) in [6.45, 7) is 1.92. The van der Waals surface area contributed by atoms with Gasteiger partial charge in [-0.15, -0.1) is 0 Å². The van der Waals surface area contributed by atoms with Crippen molar-refractivity contribution in [3.8, 4) is 6.07 Å². The minimum absolute atomic E-state index is 0.184. The van der Waals surface area contributed by atoms with Gasteiger partial charge in [0, 0.05) is 10.7 Å². The lowest BCUT2D eigenvalue weighted by atomic mass is 10.2. The van der Waals surface area contributed by atoms with Gasteiger partial charge in [0.1, 0.15) is 5.76 Å². The number of thioether (sulfide) groups is 1. The third kappa shape index (κ3) is 4.69. The van der Waals surface area contributed by atoms with E-state index in [1.54, 1.807) is 61.5 Å². The molecule has 0 saturated heterocycles. The van der Waals surface area contributed by atoms with E-state index in [1.165, 1.54) is 10.8 Å². The van der Waals surface area contributed by atoms with Crippen LogP contribution >= 0.6 is 23.4 Å². The number of anilines is 1. The van der Waals surface area contributed by atoms with E-state index < -0.39 is 5.25 Å². The largest absolute Gasteiger partial charge is 0.467 e. The van der Waals surface area contributed by atoms with E-state index in [2.05, 4.69) is 10.3 Å². The van der Waals surface area contributed by atoms with Crippen LogP contribution in [0.4, 0.5) is 5.69 Å². The molecule has 1 unspecified atom stereocenters. The quantitative estimate of drug-likeness (QED) is 0.328. The molecule has 1 N–H and O–H groups in total. The van der Waals surface area contributed by atoms with Crippen molar-refractivity contribution in [2.45, 2.75) is 23.9 Å². The van der Waals surface area contributed by atoms with E-state index in [9.17, 15) is 9.59 Å². The number of hydrogen-bond donors (Lipinski definition) is 1. The van der Waals surface area contributed by atoms with Crippen LogP contribution in [0.25, 0.3) is 10.9 Å². The predicted octanol–water partition coefficient (Wildman–Crippen LogP) is 4.68. The monoisotopic (exact) mass is 464 g/mol. The zero-order chi connectivity index (χ0) is 22.7. The highest BCUT2D eigenvalue weighted by Crippen LogP contribution is 2.25. The number of halogens is 1. The summed E-state index contributed by atoms with van der Waals surface area (Å²) < 4.78 is 6.90. The predicted molar refractivity (Wildman–Crippen MR) is 124 cm³/mol. The van der Waals surface area contributed by atoms with Gasteiger partial charge in [-0.3, -0.25) is 14.2 Å². The SMILES string of the molecule is CC(Sc1nc2cc(Cl)ccc2c(=O)n1Cc1ccco1)C(=O)Nc1ccc(C#N)cc1. The van der Waals surface area contributed by atoms with Gasteiger partial charge < -0.3 is 9.73 Å². The van der Waals surface area contributed by atoms with Crippen LogP contribution in [0.15, 0.2) is 75.2 Å². The third-order valence-electron chi connectivity index (χ3n) is 4.71. The smallest absolute Gasteiger partial charge is 0.262 e. The van der Waals surface area contributed by atoms with E-state index >= 15 is 0 Å². The van der Waals surface area contributed by atoms with Crippen LogP contribution in [-0.4, -0.2) is 20.7 Å². The summed E-state index contributed by atoms with van der Waals surface area (Å²) in [6, 6.07) is 17.0. The summed E-state index contributed by atoms with van der Waals surface area (Å²) in [4.78, 5) is 30.6. The van der Waals surface area contributed by atoms with E-state index in [0.29, 0.717) is 38.1 Å². The van der Waals surface area contributed by atoms with Crippen LogP contribution in [0.5, 0.6) is 0 Å². The van der Waals surface area contributed by atoms with Gasteiger partial charge in [-0.25, -0.2) is 4.98 Å². The highest BCUT2D eigenvalue weighted by Gasteiger charge is 2.20. The molecule has 160 valence electrons. The minimum atomic E-state index is -0.558. The van der Waals surface area contributed by atoms with Crippen LogP contribution < -0.4 is 10.9 Å². The fourth-order valence-electron chi connectivity index (χ4n) is 3.05. The van der Waals surface area contributed by atoms with Gasteiger partial charge in [0.05, 0.1) is 40.6 Å². The average molecular weight is 465 g/mol. The van der Waals surface area contributed by atoms with Gasteiger partial charge in [0.25, 0.3) is 5.56 Å². The number of aromatic nitrogens is 2. The van der Waals surface area contributed by atoms with Crippen LogP contribution in [0.1, 0.15) is 18.2 Å². The van der Waals surface area contributed by atoms with E-state index in [1.807, 2.05) is 6.07 Å². The molecule has 0 aliphatic heterocycles. The molecule has 0 saturated carbocycles. The summed E-state index contributed by atoms with van der Waals surface area (Å²) in [5.41, 5.74) is 1.30. The van der Waals surface area contributed by atoms with Crippen molar-refractivity contribution in [2.24, 2.45) is 0 Å². The first kappa shape index (κ1) is 21.7. The normalized spacial score (nSPS) is 11.8. The number of fused-ring (bicyclic) bond motifs is 1. The number of hydrogen-bond acceptors (Lipinski definition) is 6. The number of nitriles is 1. The number of furan rings is 1. The fraction of sp³-hybridized carbons (Fsp3) is 0.130. The maximum atomic E-state index is 13.2. The van der Waals surface area contributed by atoms with Gasteiger partial charge in [-0.1, -0.05) is 23.4 Å². The van der Waals surface area contributed by atoms with Crippen LogP contribution in [0, 0.1) is 11.3 Å². The summed E-state index contributed by atoms with van der Waals surface area (Å²) >= 11 is 7.26. The molecular formula is C23H17ClN4O3S. The molecule has 2 aromatic heterocycles. The van der Waals surface area contributed by atoms with Crippen molar-refractivity contribution in [2.75, 3.05) is 5.32 Å². The van der Waals surface area contributed by atoms with E-state index in [4.69, 9.17) is 21.3 Å². The van der Waals surface area contributed by atoms with E-state index in [0.717, 1.165) is 11.8 Å². The van der Waals surface area contributed by atoms with Crippen molar-refractivity contribution in [3.63, 3.8) is 0 Å². The first-order valence-corrected chi connectivity index (χ1v) is 10.9. The number of nitrogens with one attached hydrogen (secondary N) is 1. The Labute approximate surface area is 192 Å². The lowest BCUT2D eigenvalue weighted by molar-refractivity contribution is -0.115. The van der Waals surface area contributed by atoms with Crippen LogP contribution in [-0.2, 0) is 11.3 Å². The third-order valence-corrected chi connectivity index (χ3v) is 6.03. The van der Waals surface area contributed by atoms with Gasteiger partial charge in [0.2, 0.25) is 5.91 Å². The van der Waals surface area contributed by atoms with Crippen molar-refractivity contribution in [1.29, 1.82) is 5.26 Å². The summed E-state index contributed by atoms with van der Waals surface area (Å²) in [6.07, 6.45) is 1.54. The second-order valence-electron chi connectivity index (χ2n) is 6.96. The van der Waals surface area contributed by atoms with Crippen molar-refractivity contribution in [1.82, 2.24) is 9.55 Å². The van der Waals surface area contributed by atoms with Crippen molar-refractivity contribution in [3.05, 3.63) is 87.6 Å². The van der Waals surface area contributed by atoms with Gasteiger partial charge >= 0.3 is 0 Å².